The van der Waals surface area contributed by atoms with Gasteiger partial charge in [-0.3, -0.25) is 9.79 Å². The van der Waals surface area contributed by atoms with Crippen LogP contribution in [0.5, 0.6) is 0 Å². The molecule has 1 N–H and O–H groups in total. The molecule has 0 aromatic carbocycles. The van der Waals surface area contributed by atoms with Gasteiger partial charge in [0.15, 0.2) is 0 Å². The average molecular weight is 210 g/mol. The van der Waals surface area contributed by atoms with Gasteiger partial charge >= 0.3 is 0 Å². The van der Waals surface area contributed by atoms with Crippen LogP contribution in [0, 0.1) is 0 Å². The van der Waals surface area contributed by atoms with Crippen molar-refractivity contribution in [1.82, 2.24) is 5.32 Å². The van der Waals surface area contributed by atoms with Gasteiger partial charge in [0.05, 0.1) is 0 Å². The highest BCUT2D eigenvalue weighted by molar-refractivity contribution is 5.84. The van der Waals surface area contributed by atoms with Crippen molar-refractivity contribution in [1.29, 1.82) is 0 Å². The molecule has 0 fully saturated rings. The molecule has 0 spiro atoms. The molecule has 0 aliphatic heterocycles. The molecule has 3 heteroatoms. The Morgan fingerprint density at radius 2 is 2.07 bits per heavy atom. The summed E-state index contributed by atoms with van der Waals surface area (Å²) in [5.41, 5.74) is -0.194. The summed E-state index contributed by atoms with van der Waals surface area (Å²) >= 11 is 0. The van der Waals surface area contributed by atoms with E-state index in [1.54, 1.807) is 13.1 Å². The van der Waals surface area contributed by atoms with Gasteiger partial charge in [-0.15, -0.1) is 0 Å². The van der Waals surface area contributed by atoms with E-state index >= 15 is 0 Å². The number of hydrogen-bond donors (Lipinski definition) is 1. The first-order valence-corrected chi connectivity index (χ1v) is 5.37. The molecule has 0 heterocycles. The Labute approximate surface area is 92.7 Å². The highest BCUT2D eigenvalue weighted by Gasteiger charge is 2.17. The molecule has 0 radical (unpaired) electrons. The molecule has 0 saturated heterocycles. The van der Waals surface area contributed by atoms with Crippen LogP contribution in [0.15, 0.2) is 17.1 Å². The van der Waals surface area contributed by atoms with Gasteiger partial charge in [0.25, 0.3) is 0 Å². The van der Waals surface area contributed by atoms with Crippen LogP contribution in [-0.2, 0) is 4.79 Å². The molecular weight excluding hydrogens is 188 g/mol. The van der Waals surface area contributed by atoms with Gasteiger partial charge < -0.3 is 5.32 Å². The summed E-state index contributed by atoms with van der Waals surface area (Å²) in [4.78, 5) is 15.7. The maximum atomic E-state index is 11.6. The smallest absolute Gasteiger partial charge is 0.244 e. The molecule has 0 rings (SSSR count). The van der Waals surface area contributed by atoms with E-state index in [1.807, 2.05) is 32.9 Å². The van der Waals surface area contributed by atoms with Crippen LogP contribution in [0.3, 0.4) is 0 Å². The zero-order valence-electron chi connectivity index (χ0n) is 10.4. The van der Waals surface area contributed by atoms with Crippen molar-refractivity contribution in [3.63, 3.8) is 0 Å². The van der Waals surface area contributed by atoms with Crippen LogP contribution in [0.1, 0.15) is 41.0 Å². The Bertz CT molecular complexity index is 249. The third kappa shape index (κ3) is 7.91. The molecule has 0 aliphatic rings. The summed E-state index contributed by atoms with van der Waals surface area (Å²) in [5, 5.41) is 2.88. The molecule has 3 nitrogen and oxygen atoms in total. The summed E-state index contributed by atoms with van der Waals surface area (Å²) in [6, 6.07) is -0.328. The second kappa shape index (κ2) is 6.38. The first kappa shape index (κ1) is 13.9. The number of rotatable bonds is 4. The number of carbonyl (C=O) groups is 1. The Kier molecular flexibility index (Phi) is 5.90. The van der Waals surface area contributed by atoms with Crippen LogP contribution in [0.4, 0.5) is 0 Å². The van der Waals surface area contributed by atoms with Crippen molar-refractivity contribution in [2.45, 2.75) is 52.6 Å². The van der Waals surface area contributed by atoms with Crippen molar-refractivity contribution in [3.8, 4) is 0 Å². The molecule has 1 atom stereocenters. The number of nitrogens with one attached hydrogen (secondary N) is 1. The summed E-state index contributed by atoms with van der Waals surface area (Å²) in [6.07, 6.45) is 6.52. The standard InChI is InChI=1S/C12H22N2O/c1-6-7-8-9-13-10(2)11(15)14-12(3,4)5/h7-10H,6H2,1-5H3,(H,14,15)/b8-7-,13-9-. The van der Waals surface area contributed by atoms with E-state index in [1.165, 1.54) is 0 Å². The normalized spacial score (nSPS) is 14.7. The number of nitrogens with zero attached hydrogens (tertiary/aromatic N) is 1. The molecule has 0 aliphatic carbocycles. The average Bonchev–Trinajstić information content (AvgIpc) is 2.09. The van der Waals surface area contributed by atoms with Crippen LogP contribution in [0.2, 0.25) is 0 Å². The quantitative estimate of drug-likeness (QED) is 0.711. The van der Waals surface area contributed by atoms with Crippen molar-refractivity contribution in [3.05, 3.63) is 12.2 Å². The van der Waals surface area contributed by atoms with Gasteiger partial charge in [-0.1, -0.05) is 13.0 Å². The lowest BCUT2D eigenvalue weighted by Gasteiger charge is -2.21. The highest BCUT2D eigenvalue weighted by Crippen LogP contribution is 2.00. The monoisotopic (exact) mass is 210 g/mol. The number of hydrogen-bond acceptors (Lipinski definition) is 2. The second-order valence-corrected chi connectivity index (χ2v) is 4.55. The van der Waals surface area contributed by atoms with Crippen LogP contribution < -0.4 is 5.32 Å². The molecule has 86 valence electrons. The van der Waals surface area contributed by atoms with E-state index in [4.69, 9.17) is 0 Å². The van der Waals surface area contributed by atoms with Gasteiger partial charge in [-0.2, -0.15) is 0 Å². The molecule has 15 heavy (non-hydrogen) atoms. The van der Waals surface area contributed by atoms with Gasteiger partial charge in [0.2, 0.25) is 5.91 Å². The van der Waals surface area contributed by atoms with Gasteiger partial charge in [0, 0.05) is 11.8 Å². The fourth-order valence-corrected chi connectivity index (χ4v) is 0.917. The SMILES string of the molecule is CC/C=C\C=N/C(C)C(=O)NC(C)(C)C. The highest BCUT2D eigenvalue weighted by atomic mass is 16.2. The fraction of sp³-hybridized carbons (Fsp3) is 0.667. The topological polar surface area (TPSA) is 41.5 Å². The van der Waals surface area contributed by atoms with E-state index < -0.39 is 0 Å². The van der Waals surface area contributed by atoms with Crippen molar-refractivity contribution in [2.75, 3.05) is 0 Å². The summed E-state index contributed by atoms with van der Waals surface area (Å²) in [5.74, 6) is -0.0383. The second-order valence-electron chi connectivity index (χ2n) is 4.55. The van der Waals surface area contributed by atoms with Crippen LogP contribution in [-0.4, -0.2) is 23.7 Å². The van der Waals surface area contributed by atoms with Crippen molar-refractivity contribution >= 4 is 12.1 Å². The zero-order valence-corrected chi connectivity index (χ0v) is 10.4. The molecule has 0 aromatic heterocycles. The molecular formula is C12H22N2O. The van der Waals surface area contributed by atoms with Crippen LogP contribution >= 0.6 is 0 Å². The lowest BCUT2D eigenvalue weighted by Crippen LogP contribution is -2.44. The first-order chi connectivity index (χ1) is 6.87. The number of allylic oxidation sites excluding steroid dienone is 2. The van der Waals surface area contributed by atoms with E-state index in [-0.39, 0.29) is 17.5 Å². The van der Waals surface area contributed by atoms with Gasteiger partial charge in [0.1, 0.15) is 6.04 Å². The predicted octanol–water partition coefficient (Wildman–Crippen LogP) is 2.33. The maximum Gasteiger partial charge on any atom is 0.244 e. The fourth-order valence-electron chi connectivity index (χ4n) is 0.917. The van der Waals surface area contributed by atoms with E-state index in [0.717, 1.165) is 6.42 Å². The Balaban J connectivity index is 4.10. The molecule has 0 aromatic rings. The van der Waals surface area contributed by atoms with E-state index in [2.05, 4.69) is 17.2 Å². The Hall–Kier alpha value is -1.12. The maximum absolute atomic E-state index is 11.6. The summed E-state index contributed by atoms with van der Waals surface area (Å²) in [6.45, 7) is 9.71. The molecule has 1 unspecified atom stereocenters. The van der Waals surface area contributed by atoms with Gasteiger partial charge in [-0.25, -0.2) is 0 Å². The third-order valence-electron chi connectivity index (χ3n) is 1.65. The van der Waals surface area contributed by atoms with Crippen molar-refractivity contribution < 1.29 is 4.79 Å². The van der Waals surface area contributed by atoms with Gasteiger partial charge in [-0.05, 0) is 40.2 Å². The minimum atomic E-state index is -0.328. The van der Waals surface area contributed by atoms with Crippen molar-refractivity contribution in [2.24, 2.45) is 4.99 Å². The minimum absolute atomic E-state index is 0.0383. The molecule has 0 saturated carbocycles. The third-order valence-corrected chi connectivity index (χ3v) is 1.65. The molecule has 0 bridgehead atoms. The molecule has 1 amide bonds. The van der Waals surface area contributed by atoms with E-state index in [9.17, 15) is 4.79 Å². The predicted molar refractivity (Wildman–Crippen MR) is 65.3 cm³/mol. The lowest BCUT2D eigenvalue weighted by atomic mass is 10.1. The lowest BCUT2D eigenvalue weighted by molar-refractivity contribution is -0.123. The number of aliphatic imine (C=N–C) groups is 1. The number of carbonyl (C=O) groups excluding carboxylic acids is 1. The minimum Gasteiger partial charge on any atom is -0.350 e. The van der Waals surface area contributed by atoms with Crippen LogP contribution in [0.25, 0.3) is 0 Å². The Morgan fingerprint density at radius 3 is 2.53 bits per heavy atom. The van der Waals surface area contributed by atoms with E-state index in [0.29, 0.717) is 0 Å². The summed E-state index contributed by atoms with van der Waals surface area (Å²) in [7, 11) is 0. The summed E-state index contributed by atoms with van der Waals surface area (Å²) < 4.78 is 0. The number of amides is 1. The largest absolute Gasteiger partial charge is 0.350 e. The Morgan fingerprint density at radius 1 is 1.47 bits per heavy atom. The first-order valence-electron chi connectivity index (χ1n) is 5.37. The zero-order chi connectivity index (χ0) is 11.9.